The summed E-state index contributed by atoms with van der Waals surface area (Å²) in [5, 5.41) is 20.5. The fraction of sp³-hybridized carbons (Fsp3) is 0.909. The number of carbonyl (C=O) groups is 2. The largest absolute Gasteiger partial charge is 0.460 e. The van der Waals surface area contributed by atoms with Crippen molar-refractivity contribution in [1.82, 2.24) is 0 Å². The molecule has 2 N–H and O–H groups in total. The molecule has 0 radical (unpaired) electrons. The normalized spacial score (nSPS) is 32.6. The molecule has 0 saturated heterocycles. The maximum Gasteiger partial charge on any atom is 0.306 e. The zero-order valence-corrected chi connectivity index (χ0v) is 17.9. The Balaban J connectivity index is 1.62. The molecule has 7 heteroatoms. The number of ether oxygens (including phenoxy) is 3. The van der Waals surface area contributed by atoms with Gasteiger partial charge in [0.2, 0.25) is 0 Å². The molecule has 0 spiro atoms. The van der Waals surface area contributed by atoms with Crippen LogP contribution in [0.1, 0.15) is 78.1 Å². The van der Waals surface area contributed by atoms with E-state index in [1.54, 1.807) is 0 Å². The Labute approximate surface area is 174 Å². The third-order valence-electron chi connectivity index (χ3n) is 5.91. The van der Waals surface area contributed by atoms with Crippen molar-refractivity contribution in [2.45, 2.75) is 102 Å². The molecule has 7 nitrogen and oxygen atoms in total. The lowest BCUT2D eigenvalue weighted by atomic mass is 9.85. The van der Waals surface area contributed by atoms with Crippen molar-refractivity contribution >= 4 is 11.9 Å². The van der Waals surface area contributed by atoms with Crippen molar-refractivity contribution in [1.29, 1.82) is 0 Å². The lowest BCUT2D eigenvalue weighted by molar-refractivity contribution is -0.159. The van der Waals surface area contributed by atoms with Gasteiger partial charge in [-0.1, -0.05) is 13.8 Å². The van der Waals surface area contributed by atoms with Gasteiger partial charge in [0, 0.05) is 26.1 Å². The summed E-state index contributed by atoms with van der Waals surface area (Å²) in [6, 6.07) is 0. The molecule has 2 aliphatic rings. The second-order valence-corrected chi connectivity index (χ2v) is 8.59. The van der Waals surface area contributed by atoms with Gasteiger partial charge in [-0.05, 0) is 63.2 Å². The lowest BCUT2D eigenvalue weighted by Crippen LogP contribution is -2.39. The van der Waals surface area contributed by atoms with Gasteiger partial charge in [0.1, 0.15) is 12.2 Å². The SMILES string of the molecule is CCCC(=O)OC1CCC(COCC2CCC(OC(=O)CCC)C(O)C2)CC1O. The predicted molar refractivity (Wildman–Crippen MR) is 107 cm³/mol. The van der Waals surface area contributed by atoms with Gasteiger partial charge < -0.3 is 24.4 Å². The summed E-state index contributed by atoms with van der Waals surface area (Å²) in [6.45, 7) is 4.98. The first-order valence-electron chi connectivity index (χ1n) is 11.3. The van der Waals surface area contributed by atoms with Crippen molar-refractivity contribution in [3.05, 3.63) is 0 Å². The first kappa shape index (κ1) is 24.1. The number of esters is 2. The molecule has 29 heavy (non-hydrogen) atoms. The number of rotatable bonds is 10. The van der Waals surface area contributed by atoms with Crippen molar-refractivity contribution in [2.24, 2.45) is 11.8 Å². The van der Waals surface area contributed by atoms with Crippen LogP contribution in [-0.4, -0.2) is 59.8 Å². The Morgan fingerprint density at radius 3 is 1.52 bits per heavy atom. The molecule has 0 heterocycles. The summed E-state index contributed by atoms with van der Waals surface area (Å²) in [4.78, 5) is 23.2. The van der Waals surface area contributed by atoms with E-state index in [-0.39, 0.29) is 23.8 Å². The zero-order chi connectivity index (χ0) is 21.2. The van der Waals surface area contributed by atoms with Gasteiger partial charge >= 0.3 is 11.9 Å². The Morgan fingerprint density at radius 2 is 1.17 bits per heavy atom. The molecule has 0 bridgehead atoms. The molecular formula is C22H38O7. The fourth-order valence-corrected chi connectivity index (χ4v) is 4.25. The van der Waals surface area contributed by atoms with Gasteiger partial charge in [0.05, 0.1) is 12.2 Å². The zero-order valence-electron chi connectivity index (χ0n) is 17.9. The molecule has 2 fully saturated rings. The van der Waals surface area contributed by atoms with E-state index in [0.29, 0.717) is 51.7 Å². The average molecular weight is 415 g/mol. The third-order valence-corrected chi connectivity index (χ3v) is 5.91. The molecule has 0 amide bonds. The van der Waals surface area contributed by atoms with Crippen LogP contribution in [0, 0.1) is 11.8 Å². The maximum absolute atomic E-state index is 11.6. The quantitative estimate of drug-likeness (QED) is 0.530. The second kappa shape index (κ2) is 12.5. The second-order valence-electron chi connectivity index (χ2n) is 8.59. The highest BCUT2D eigenvalue weighted by Crippen LogP contribution is 2.30. The number of hydrogen-bond acceptors (Lipinski definition) is 7. The third kappa shape index (κ3) is 8.22. The van der Waals surface area contributed by atoms with Crippen molar-refractivity contribution in [3.63, 3.8) is 0 Å². The molecule has 2 aliphatic carbocycles. The molecule has 0 aromatic rings. The van der Waals surface area contributed by atoms with Crippen LogP contribution in [0.2, 0.25) is 0 Å². The van der Waals surface area contributed by atoms with Crippen LogP contribution in [0.3, 0.4) is 0 Å². The molecule has 0 aliphatic heterocycles. The van der Waals surface area contributed by atoms with Gasteiger partial charge in [-0.2, -0.15) is 0 Å². The smallest absolute Gasteiger partial charge is 0.306 e. The van der Waals surface area contributed by atoms with Crippen LogP contribution in [0.25, 0.3) is 0 Å². The van der Waals surface area contributed by atoms with Crippen LogP contribution >= 0.6 is 0 Å². The van der Waals surface area contributed by atoms with Gasteiger partial charge in [-0.3, -0.25) is 9.59 Å². The van der Waals surface area contributed by atoms with E-state index in [0.717, 1.165) is 25.7 Å². The number of hydrogen-bond donors (Lipinski definition) is 2. The molecule has 6 unspecified atom stereocenters. The summed E-state index contributed by atoms with van der Waals surface area (Å²) in [7, 11) is 0. The molecule has 168 valence electrons. The summed E-state index contributed by atoms with van der Waals surface area (Å²) >= 11 is 0. The molecule has 0 aromatic carbocycles. The Hall–Kier alpha value is -1.18. The topological polar surface area (TPSA) is 102 Å². The first-order chi connectivity index (χ1) is 13.9. The Bertz CT molecular complexity index is 465. The molecular weight excluding hydrogens is 376 g/mol. The minimum Gasteiger partial charge on any atom is -0.460 e. The Kier molecular flexibility index (Phi) is 10.4. The average Bonchev–Trinajstić information content (AvgIpc) is 2.66. The van der Waals surface area contributed by atoms with Gasteiger partial charge in [-0.15, -0.1) is 0 Å². The lowest BCUT2D eigenvalue weighted by Gasteiger charge is -2.34. The van der Waals surface area contributed by atoms with E-state index in [1.165, 1.54) is 0 Å². The van der Waals surface area contributed by atoms with Crippen LogP contribution in [0.15, 0.2) is 0 Å². The van der Waals surface area contributed by atoms with Crippen LogP contribution < -0.4 is 0 Å². The van der Waals surface area contributed by atoms with E-state index in [2.05, 4.69) is 0 Å². The Morgan fingerprint density at radius 1 is 0.759 bits per heavy atom. The van der Waals surface area contributed by atoms with E-state index in [1.807, 2.05) is 13.8 Å². The number of aliphatic hydroxyl groups excluding tert-OH is 2. The molecule has 0 aromatic heterocycles. The molecule has 2 rings (SSSR count). The van der Waals surface area contributed by atoms with E-state index < -0.39 is 24.4 Å². The van der Waals surface area contributed by atoms with E-state index >= 15 is 0 Å². The van der Waals surface area contributed by atoms with E-state index in [9.17, 15) is 19.8 Å². The fourth-order valence-electron chi connectivity index (χ4n) is 4.25. The van der Waals surface area contributed by atoms with Crippen LogP contribution in [0.4, 0.5) is 0 Å². The molecule has 6 atom stereocenters. The minimum absolute atomic E-state index is 0.235. The molecule has 2 saturated carbocycles. The number of aliphatic hydroxyl groups is 2. The van der Waals surface area contributed by atoms with Crippen molar-refractivity contribution < 1.29 is 34.0 Å². The highest BCUT2D eigenvalue weighted by atomic mass is 16.6. The minimum atomic E-state index is -0.631. The van der Waals surface area contributed by atoms with Gasteiger partial charge in [-0.25, -0.2) is 0 Å². The van der Waals surface area contributed by atoms with Crippen LogP contribution in [-0.2, 0) is 23.8 Å². The first-order valence-corrected chi connectivity index (χ1v) is 11.3. The highest BCUT2D eigenvalue weighted by Gasteiger charge is 2.33. The summed E-state index contributed by atoms with van der Waals surface area (Å²) in [5.74, 6) is 0.0337. The number of carbonyl (C=O) groups excluding carboxylic acids is 2. The van der Waals surface area contributed by atoms with Gasteiger partial charge in [0.25, 0.3) is 0 Å². The van der Waals surface area contributed by atoms with Crippen LogP contribution in [0.5, 0.6) is 0 Å². The van der Waals surface area contributed by atoms with Gasteiger partial charge in [0.15, 0.2) is 0 Å². The summed E-state index contributed by atoms with van der Waals surface area (Å²) in [6.07, 6.45) is 4.43. The summed E-state index contributed by atoms with van der Waals surface area (Å²) in [5.41, 5.74) is 0. The van der Waals surface area contributed by atoms with Crippen molar-refractivity contribution in [3.8, 4) is 0 Å². The van der Waals surface area contributed by atoms with E-state index in [4.69, 9.17) is 14.2 Å². The maximum atomic E-state index is 11.6. The summed E-state index contributed by atoms with van der Waals surface area (Å²) < 4.78 is 16.6. The highest BCUT2D eigenvalue weighted by molar-refractivity contribution is 5.69. The monoisotopic (exact) mass is 414 g/mol. The standard InChI is InChI=1S/C22H38O7/c1-3-5-21(25)28-19-9-7-15(11-17(19)23)13-27-14-16-8-10-20(18(24)12-16)29-22(26)6-4-2/h15-20,23-24H,3-14H2,1-2H3. The predicted octanol–water partition coefficient (Wildman–Crippen LogP) is 2.75. The van der Waals surface area contributed by atoms with Crippen molar-refractivity contribution in [2.75, 3.05) is 13.2 Å².